The van der Waals surface area contributed by atoms with Crippen LogP contribution in [-0.4, -0.2) is 24.4 Å². The lowest BCUT2D eigenvalue weighted by Gasteiger charge is -2.25. The van der Waals surface area contributed by atoms with Crippen LogP contribution < -0.4 is 5.56 Å². The quantitative estimate of drug-likeness (QED) is 0.802. The van der Waals surface area contributed by atoms with Crippen molar-refractivity contribution in [3.8, 4) is 17.3 Å². The van der Waals surface area contributed by atoms with E-state index in [1.165, 1.54) is 17.1 Å². The van der Waals surface area contributed by atoms with Crippen LogP contribution in [0, 0.1) is 11.3 Å². The lowest BCUT2D eigenvalue weighted by atomic mass is 9.93. The summed E-state index contributed by atoms with van der Waals surface area (Å²) in [4.78, 5) is 16.1. The Morgan fingerprint density at radius 1 is 1.33 bits per heavy atom. The van der Waals surface area contributed by atoms with E-state index in [0.29, 0.717) is 22.8 Å². The molecule has 1 aliphatic carbocycles. The first-order valence-corrected chi connectivity index (χ1v) is 8.18. The first-order valence-electron chi connectivity index (χ1n) is 8.18. The van der Waals surface area contributed by atoms with Crippen LogP contribution in [0.5, 0.6) is 0 Å². The highest BCUT2D eigenvalue weighted by molar-refractivity contribution is 5.67. The summed E-state index contributed by atoms with van der Waals surface area (Å²) in [5, 5.41) is 17.7. The Balaban J connectivity index is 1.95. The van der Waals surface area contributed by atoms with Crippen LogP contribution >= 0.6 is 0 Å². The third-order valence-electron chi connectivity index (χ3n) is 4.74. The molecule has 7 nitrogen and oxygen atoms in total. The van der Waals surface area contributed by atoms with Gasteiger partial charge in [-0.15, -0.1) is 0 Å². The van der Waals surface area contributed by atoms with Crippen molar-refractivity contribution in [3.05, 3.63) is 40.1 Å². The topological polar surface area (TPSA) is 91.8 Å². The van der Waals surface area contributed by atoms with Gasteiger partial charge in [-0.25, -0.2) is 0 Å². The van der Waals surface area contributed by atoms with Gasteiger partial charge in [0.1, 0.15) is 11.6 Å². The second-order valence-electron chi connectivity index (χ2n) is 6.60. The number of fused-ring (bicyclic) bond motifs is 1. The maximum atomic E-state index is 12.8. The number of nitrogens with zero attached hydrogens (tertiary/aromatic N) is 5. The summed E-state index contributed by atoms with van der Waals surface area (Å²) in [6, 6.07) is 2.53. The lowest BCUT2D eigenvalue weighted by molar-refractivity contribution is 0.289. The van der Waals surface area contributed by atoms with Gasteiger partial charge in [-0.1, -0.05) is 13.8 Å². The average molecular weight is 322 g/mol. The minimum atomic E-state index is -0.188. The molecule has 0 aromatic carbocycles. The molecule has 0 aliphatic heterocycles. The number of H-pyrrole nitrogens is 1. The Kier molecular flexibility index (Phi) is 3.27. The van der Waals surface area contributed by atoms with Crippen LogP contribution in [0.2, 0.25) is 0 Å². The van der Waals surface area contributed by atoms with E-state index in [0.717, 1.165) is 24.1 Å². The molecular formula is C17H18N6O. The van der Waals surface area contributed by atoms with Crippen molar-refractivity contribution < 1.29 is 0 Å². The monoisotopic (exact) mass is 322 g/mol. The second kappa shape index (κ2) is 5.34. The molecule has 122 valence electrons. The SMILES string of the molecule is CC(C)c1c(-c2cnn(C3CCC3)c2)[nH]c2c(C#N)cnn2c1=O. The third kappa shape index (κ3) is 2.07. The van der Waals surface area contributed by atoms with Gasteiger partial charge in [0.2, 0.25) is 0 Å². The van der Waals surface area contributed by atoms with Crippen LogP contribution in [0.15, 0.2) is 23.4 Å². The zero-order valence-electron chi connectivity index (χ0n) is 13.7. The molecule has 0 spiro atoms. The van der Waals surface area contributed by atoms with Crippen LogP contribution in [0.1, 0.15) is 56.2 Å². The molecule has 4 rings (SSSR count). The Morgan fingerprint density at radius 2 is 2.12 bits per heavy atom. The number of nitriles is 1. The minimum Gasteiger partial charge on any atom is -0.338 e. The molecular weight excluding hydrogens is 304 g/mol. The molecule has 0 radical (unpaired) electrons. The van der Waals surface area contributed by atoms with Crippen LogP contribution in [0.4, 0.5) is 0 Å². The predicted octanol–water partition coefficient (Wildman–Crippen LogP) is 2.61. The van der Waals surface area contributed by atoms with Crippen molar-refractivity contribution in [2.24, 2.45) is 0 Å². The highest BCUT2D eigenvalue weighted by Gasteiger charge is 2.23. The number of rotatable bonds is 3. The lowest BCUT2D eigenvalue weighted by Crippen LogP contribution is -2.22. The van der Waals surface area contributed by atoms with Gasteiger partial charge in [-0.05, 0) is 25.2 Å². The Labute approximate surface area is 138 Å². The molecule has 0 bridgehead atoms. The molecule has 0 saturated heterocycles. The van der Waals surface area contributed by atoms with Gasteiger partial charge in [-0.2, -0.15) is 20.0 Å². The van der Waals surface area contributed by atoms with Gasteiger partial charge in [-0.3, -0.25) is 9.48 Å². The van der Waals surface area contributed by atoms with Crippen LogP contribution in [0.25, 0.3) is 16.9 Å². The highest BCUT2D eigenvalue weighted by Crippen LogP contribution is 2.33. The maximum Gasteiger partial charge on any atom is 0.278 e. The fourth-order valence-electron chi connectivity index (χ4n) is 3.19. The molecule has 3 aromatic rings. The van der Waals surface area contributed by atoms with Crippen molar-refractivity contribution in [1.82, 2.24) is 24.4 Å². The number of aromatic amines is 1. The fraction of sp³-hybridized carbons (Fsp3) is 0.412. The van der Waals surface area contributed by atoms with Gasteiger partial charge < -0.3 is 4.98 Å². The van der Waals surface area contributed by atoms with Crippen molar-refractivity contribution in [3.63, 3.8) is 0 Å². The Hall–Kier alpha value is -2.88. The first-order chi connectivity index (χ1) is 11.6. The summed E-state index contributed by atoms with van der Waals surface area (Å²) in [6.45, 7) is 3.95. The number of hydrogen-bond donors (Lipinski definition) is 1. The predicted molar refractivity (Wildman–Crippen MR) is 88.7 cm³/mol. The second-order valence-corrected chi connectivity index (χ2v) is 6.60. The van der Waals surface area contributed by atoms with E-state index in [4.69, 9.17) is 0 Å². The standard InChI is InChI=1S/C17H18N6O/c1-10(2)14-15(12-8-19-22(9-12)13-4-3-5-13)21-16-11(6-18)7-20-23(16)17(14)24/h7-10,13,21H,3-5H2,1-2H3. The van der Waals surface area contributed by atoms with E-state index in [9.17, 15) is 10.1 Å². The summed E-state index contributed by atoms with van der Waals surface area (Å²) in [7, 11) is 0. The average Bonchev–Trinajstić information content (AvgIpc) is 3.11. The Morgan fingerprint density at radius 3 is 2.75 bits per heavy atom. The van der Waals surface area contributed by atoms with E-state index >= 15 is 0 Å². The molecule has 1 saturated carbocycles. The van der Waals surface area contributed by atoms with E-state index in [1.807, 2.05) is 24.7 Å². The maximum absolute atomic E-state index is 12.8. The van der Waals surface area contributed by atoms with Gasteiger partial charge in [0, 0.05) is 17.3 Å². The number of hydrogen-bond acceptors (Lipinski definition) is 4. The van der Waals surface area contributed by atoms with E-state index in [-0.39, 0.29) is 11.5 Å². The van der Waals surface area contributed by atoms with E-state index in [2.05, 4.69) is 21.3 Å². The van der Waals surface area contributed by atoms with Crippen LogP contribution in [-0.2, 0) is 0 Å². The summed E-state index contributed by atoms with van der Waals surface area (Å²) in [5.74, 6) is 0.0231. The van der Waals surface area contributed by atoms with E-state index < -0.39 is 0 Å². The molecule has 1 N–H and O–H groups in total. The highest BCUT2D eigenvalue weighted by atomic mass is 16.1. The van der Waals surface area contributed by atoms with Crippen LogP contribution in [0.3, 0.4) is 0 Å². The molecule has 0 amide bonds. The number of aromatic nitrogens is 5. The summed E-state index contributed by atoms with van der Waals surface area (Å²) < 4.78 is 3.25. The molecule has 24 heavy (non-hydrogen) atoms. The third-order valence-corrected chi connectivity index (χ3v) is 4.74. The van der Waals surface area contributed by atoms with Gasteiger partial charge >= 0.3 is 0 Å². The zero-order chi connectivity index (χ0) is 16.8. The molecule has 3 aromatic heterocycles. The van der Waals surface area contributed by atoms with Crippen molar-refractivity contribution in [2.45, 2.75) is 45.1 Å². The van der Waals surface area contributed by atoms with Crippen molar-refractivity contribution >= 4 is 5.65 Å². The number of nitrogens with one attached hydrogen (secondary N) is 1. The molecule has 1 fully saturated rings. The molecule has 7 heteroatoms. The van der Waals surface area contributed by atoms with Crippen molar-refractivity contribution in [2.75, 3.05) is 0 Å². The zero-order valence-corrected chi connectivity index (χ0v) is 13.7. The Bertz CT molecular complexity index is 1010. The first kappa shape index (κ1) is 14.7. The fourth-order valence-corrected chi connectivity index (χ4v) is 3.19. The van der Waals surface area contributed by atoms with E-state index in [1.54, 1.807) is 6.20 Å². The summed E-state index contributed by atoms with van der Waals surface area (Å²) in [5.41, 5.74) is 2.85. The smallest absolute Gasteiger partial charge is 0.278 e. The normalized spacial score (nSPS) is 14.9. The summed E-state index contributed by atoms with van der Waals surface area (Å²) in [6.07, 6.45) is 8.72. The minimum absolute atomic E-state index is 0.0231. The molecule has 1 aliphatic rings. The van der Waals surface area contributed by atoms with Crippen molar-refractivity contribution in [1.29, 1.82) is 5.26 Å². The largest absolute Gasteiger partial charge is 0.338 e. The van der Waals surface area contributed by atoms with Gasteiger partial charge in [0.05, 0.1) is 24.1 Å². The summed E-state index contributed by atoms with van der Waals surface area (Å²) >= 11 is 0. The molecule has 0 atom stereocenters. The van der Waals surface area contributed by atoms with Gasteiger partial charge in [0.15, 0.2) is 5.65 Å². The molecule has 3 heterocycles. The van der Waals surface area contributed by atoms with Gasteiger partial charge in [0.25, 0.3) is 5.56 Å². The molecule has 0 unspecified atom stereocenters.